The first-order chi connectivity index (χ1) is 11.8. The van der Waals surface area contributed by atoms with Crippen LogP contribution in [0.25, 0.3) is 0 Å². The first kappa shape index (κ1) is 15.9. The molecule has 3 aromatic rings. The molecule has 3 rings (SSSR count). The molecule has 1 unspecified atom stereocenters. The lowest BCUT2D eigenvalue weighted by Crippen LogP contribution is -2.13. The summed E-state index contributed by atoms with van der Waals surface area (Å²) in [6.45, 7) is 0. The van der Waals surface area contributed by atoms with E-state index >= 15 is 0 Å². The third kappa shape index (κ3) is 4.29. The van der Waals surface area contributed by atoms with Crippen LogP contribution in [0, 0.1) is 0 Å². The van der Waals surface area contributed by atoms with E-state index in [0.717, 1.165) is 16.7 Å². The zero-order valence-electron chi connectivity index (χ0n) is 13.3. The SMILES string of the molecule is O=C(CCc1ccccc1)OC(c1ccccc1)c1ccncc1. The predicted octanol–water partition coefficient (Wildman–Crippen LogP) is 4.35. The quantitative estimate of drug-likeness (QED) is 0.635. The smallest absolute Gasteiger partial charge is 0.307 e. The fourth-order valence-electron chi connectivity index (χ4n) is 2.58. The highest BCUT2D eigenvalue weighted by Crippen LogP contribution is 2.26. The van der Waals surface area contributed by atoms with Crippen molar-refractivity contribution >= 4 is 5.97 Å². The van der Waals surface area contributed by atoms with Crippen LogP contribution in [0.15, 0.2) is 85.2 Å². The monoisotopic (exact) mass is 317 g/mol. The molecule has 3 nitrogen and oxygen atoms in total. The Labute approximate surface area is 142 Å². The summed E-state index contributed by atoms with van der Waals surface area (Å²) >= 11 is 0. The van der Waals surface area contributed by atoms with Gasteiger partial charge in [0.2, 0.25) is 0 Å². The molecule has 24 heavy (non-hydrogen) atoms. The Morgan fingerprint density at radius 3 is 2.08 bits per heavy atom. The molecule has 1 aromatic heterocycles. The van der Waals surface area contributed by atoms with Crippen LogP contribution >= 0.6 is 0 Å². The molecular formula is C21H19NO2. The predicted molar refractivity (Wildman–Crippen MR) is 93.4 cm³/mol. The number of hydrogen-bond donors (Lipinski definition) is 0. The highest BCUT2D eigenvalue weighted by Gasteiger charge is 2.18. The molecule has 0 amide bonds. The lowest BCUT2D eigenvalue weighted by Gasteiger charge is -2.18. The molecule has 0 N–H and O–H groups in total. The van der Waals surface area contributed by atoms with Crippen molar-refractivity contribution in [3.05, 3.63) is 102 Å². The minimum absolute atomic E-state index is 0.204. The number of benzene rings is 2. The van der Waals surface area contributed by atoms with E-state index in [0.29, 0.717) is 12.8 Å². The summed E-state index contributed by atoms with van der Waals surface area (Å²) in [4.78, 5) is 16.4. The third-order valence-corrected chi connectivity index (χ3v) is 3.82. The van der Waals surface area contributed by atoms with E-state index < -0.39 is 6.10 Å². The molecule has 0 aliphatic heterocycles. The number of nitrogens with zero attached hydrogens (tertiary/aromatic N) is 1. The van der Waals surface area contributed by atoms with Gasteiger partial charge in [0.1, 0.15) is 0 Å². The van der Waals surface area contributed by atoms with Crippen molar-refractivity contribution in [1.29, 1.82) is 0 Å². The molecule has 0 saturated heterocycles. The summed E-state index contributed by atoms with van der Waals surface area (Å²) in [5.41, 5.74) is 3.01. The highest BCUT2D eigenvalue weighted by atomic mass is 16.5. The summed E-state index contributed by atoms with van der Waals surface area (Å²) in [5.74, 6) is -0.204. The van der Waals surface area contributed by atoms with Crippen LogP contribution in [-0.4, -0.2) is 11.0 Å². The van der Waals surface area contributed by atoms with Crippen molar-refractivity contribution in [3.63, 3.8) is 0 Å². The summed E-state index contributed by atoms with van der Waals surface area (Å²) in [7, 11) is 0. The van der Waals surface area contributed by atoms with E-state index in [4.69, 9.17) is 4.74 Å². The molecular weight excluding hydrogens is 298 g/mol. The Hall–Kier alpha value is -2.94. The van der Waals surface area contributed by atoms with Gasteiger partial charge in [-0.2, -0.15) is 0 Å². The highest BCUT2D eigenvalue weighted by molar-refractivity contribution is 5.70. The lowest BCUT2D eigenvalue weighted by molar-refractivity contribution is -0.147. The molecule has 120 valence electrons. The maximum absolute atomic E-state index is 12.3. The molecule has 0 radical (unpaired) electrons. The average molecular weight is 317 g/mol. The Kier molecular flexibility index (Phi) is 5.36. The number of esters is 1. The lowest BCUT2D eigenvalue weighted by atomic mass is 10.0. The number of aromatic nitrogens is 1. The van der Waals surface area contributed by atoms with Gasteiger partial charge < -0.3 is 4.74 Å². The molecule has 0 fully saturated rings. The number of carbonyl (C=O) groups is 1. The summed E-state index contributed by atoms with van der Waals surface area (Å²) in [6, 6.07) is 23.5. The number of carbonyl (C=O) groups excluding carboxylic acids is 1. The van der Waals surface area contributed by atoms with Crippen molar-refractivity contribution in [3.8, 4) is 0 Å². The van der Waals surface area contributed by atoms with E-state index in [2.05, 4.69) is 4.98 Å². The molecule has 0 bridgehead atoms. The Morgan fingerprint density at radius 1 is 0.833 bits per heavy atom. The number of aryl methyl sites for hydroxylation is 1. The van der Waals surface area contributed by atoms with Gasteiger partial charge in [-0.05, 0) is 29.7 Å². The van der Waals surface area contributed by atoms with Crippen LogP contribution in [0.1, 0.15) is 29.2 Å². The van der Waals surface area contributed by atoms with Crippen LogP contribution in [0.4, 0.5) is 0 Å². The van der Waals surface area contributed by atoms with Gasteiger partial charge in [0, 0.05) is 24.4 Å². The summed E-state index contributed by atoms with van der Waals surface area (Å²) < 4.78 is 5.78. The zero-order chi connectivity index (χ0) is 16.6. The molecule has 3 heteroatoms. The molecule has 0 aliphatic rings. The van der Waals surface area contributed by atoms with Crippen molar-refractivity contribution in [2.45, 2.75) is 18.9 Å². The second-order valence-corrected chi connectivity index (χ2v) is 5.55. The number of pyridine rings is 1. The fourth-order valence-corrected chi connectivity index (χ4v) is 2.58. The van der Waals surface area contributed by atoms with Crippen LogP contribution < -0.4 is 0 Å². The van der Waals surface area contributed by atoms with E-state index in [-0.39, 0.29) is 5.97 Å². The molecule has 1 heterocycles. The first-order valence-electron chi connectivity index (χ1n) is 8.01. The van der Waals surface area contributed by atoms with Crippen molar-refractivity contribution in [2.24, 2.45) is 0 Å². The standard InChI is InChI=1S/C21H19NO2/c23-20(12-11-17-7-3-1-4-8-17)24-21(18-9-5-2-6-10-18)19-13-15-22-16-14-19/h1-10,13-16,21H,11-12H2. The summed E-state index contributed by atoms with van der Waals surface area (Å²) in [6.07, 6.45) is 4.06. The topological polar surface area (TPSA) is 39.2 Å². The van der Waals surface area contributed by atoms with Gasteiger partial charge in [-0.1, -0.05) is 60.7 Å². The van der Waals surface area contributed by atoms with Gasteiger partial charge in [-0.3, -0.25) is 9.78 Å². The van der Waals surface area contributed by atoms with E-state index in [1.54, 1.807) is 12.4 Å². The molecule has 0 aliphatic carbocycles. The van der Waals surface area contributed by atoms with Gasteiger partial charge >= 0.3 is 5.97 Å². The number of rotatable bonds is 6. The number of ether oxygens (including phenoxy) is 1. The van der Waals surface area contributed by atoms with Crippen molar-refractivity contribution in [1.82, 2.24) is 4.98 Å². The average Bonchev–Trinajstić information content (AvgIpc) is 2.67. The Bertz CT molecular complexity index is 718. The third-order valence-electron chi connectivity index (χ3n) is 3.82. The second kappa shape index (κ2) is 8.06. The Morgan fingerprint density at radius 2 is 1.42 bits per heavy atom. The first-order valence-corrected chi connectivity index (χ1v) is 8.01. The maximum Gasteiger partial charge on any atom is 0.307 e. The largest absolute Gasteiger partial charge is 0.453 e. The number of hydrogen-bond acceptors (Lipinski definition) is 3. The molecule has 0 spiro atoms. The maximum atomic E-state index is 12.3. The minimum Gasteiger partial charge on any atom is -0.453 e. The van der Waals surface area contributed by atoms with Gasteiger partial charge in [0.25, 0.3) is 0 Å². The Balaban J connectivity index is 1.71. The van der Waals surface area contributed by atoms with Gasteiger partial charge in [0.05, 0.1) is 0 Å². The minimum atomic E-state index is -0.405. The molecule has 0 saturated carbocycles. The van der Waals surface area contributed by atoms with Crippen LogP contribution in [-0.2, 0) is 16.0 Å². The van der Waals surface area contributed by atoms with Crippen molar-refractivity contribution in [2.75, 3.05) is 0 Å². The van der Waals surface area contributed by atoms with E-state index in [1.165, 1.54) is 0 Å². The van der Waals surface area contributed by atoms with E-state index in [1.807, 2.05) is 72.8 Å². The van der Waals surface area contributed by atoms with Crippen LogP contribution in [0.2, 0.25) is 0 Å². The fraction of sp³-hybridized carbons (Fsp3) is 0.143. The van der Waals surface area contributed by atoms with Crippen molar-refractivity contribution < 1.29 is 9.53 Å². The molecule has 2 aromatic carbocycles. The van der Waals surface area contributed by atoms with Gasteiger partial charge in [0.15, 0.2) is 6.10 Å². The van der Waals surface area contributed by atoms with Crippen LogP contribution in [0.3, 0.4) is 0 Å². The molecule has 1 atom stereocenters. The van der Waals surface area contributed by atoms with E-state index in [9.17, 15) is 4.79 Å². The van der Waals surface area contributed by atoms with Gasteiger partial charge in [-0.25, -0.2) is 0 Å². The zero-order valence-corrected chi connectivity index (χ0v) is 13.3. The normalized spacial score (nSPS) is 11.7. The summed E-state index contributed by atoms with van der Waals surface area (Å²) in [5, 5.41) is 0. The van der Waals surface area contributed by atoms with Gasteiger partial charge in [-0.15, -0.1) is 0 Å². The second-order valence-electron chi connectivity index (χ2n) is 5.55. The van der Waals surface area contributed by atoms with Crippen LogP contribution in [0.5, 0.6) is 0 Å².